The van der Waals surface area contributed by atoms with Gasteiger partial charge in [0.2, 0.25) is 15.9 Å². The Morgan fingerprint density at radius 1 is 1.06 bits per heavy atom. The molecular formula is C24H25N3O4S. The molecule has 5 rings (SSSR count). The summed E-state index contributed by atoms with van der Waals surface area (Å²) in [6.45, 7) is 3.81. The van der Waals surface area contributed by atoms with Crippen LogP contribution in [0.5, 0.6) is 0 Å². The second-order valence-corrected chi connectivity index (χ2v) is 10.4. The highest BCUT2D eigenvalue weighted by Gasteiger charge is 2.35. The van der Waals surface area contributed by atoms with Gasteiger partial charge in [0.25, 0.3) is 0 Å². The van der Waals surface area contributed by atoms with Crippen molar-refractivity contribution in [3.63, 3.8) is 0 Å². The molecule has 8 heteroatoms. The van der Waals surface area contributed by atoms with Gasteiger partial charge in [-0.1, -0.05) is 35.5 Å². The molecule has 0 unspecified atom stereocenters. The fraction of sp³-hybridized carbons (Fsp3) is 0.333. The molecule has 1 aliphatic heterocycles. The molecule has 2 aromatic carbocycles. The first-order valence-electron chi connectivity index (χ1n) is 10.8. The van der Waals surface area contributed by atoms with Crippen LogP contribution >= 0.6 is 0 Å². The number of hydrogen-bond donors (Lipinski definition) is 1. The number of amides is 1. The summed E-state index contributed by atoms with van der Waals surface area (Å²) in [6, 6.07) is 14.4. The van der Waals surface area contributed by atoms with Crippen LogP contribution in [0.25, 0.3) is 11.1 Å². The second-order valence-electron chi connectivity index (χ2n) is 8.53. The SMILES string of the molecule is Cc1noc(C)c1S(=O)(=O)N1CCC(C(=O)Nc2ccc3c(c2)Cc2ccccc2-3)CC1. The van der Waals surface area contributed by atoms with Crippen LogP contribution in [0.3, 0.4) is 0 Å². The van der Waals surface area contributed by atoms with Crippen LogP contribution in [0.4, 0.5) is 5.69 Å². The molecule has 0 atom stereocenters. The minimum atomic E-state index is -3.68. The number of nitrogens with one attached hydrogen (secondary N) is 1. The van der Waals surface area contributed by atoms with E-state index in [1.54, 1.807) is 13.8 Å². The summed E-state index contributed by atoms with van der Waals surface area (Å²) in [5.41, 5.74) is 6.14. The van der Waals surface area contributed by atoms with E-state index < -0.39 is 10.0 Å². The van der Waals surface area contributed by atoms with E-state index in [4.69, 9.17) is 4.52 Å². The Labute approximate surface area is 187 Å². The number of aromatic nitrogens is 1. The molecule has 0 spiro atoms. The van der Waals surface area contributed by atoms with Crippen LogP contribution in [0.15, 0.2) is 51.9 Å². The Morgan fingerprint density at radius 3 is 2.50 bits per heavy atom. The molecule has 3 aromatic rings. The van der Waals surface area contributed by atoms with E-state index in [1.807, 2.05) is 24.3 Å². The normalized spacial score (nSPS) is 16.6. The van der Waals surface area contributed by atoms with E-state index in [0.29, 0.717) is 37.4 Å². The van der Waals surface area contributed by atoms with E-state index in [2.05, 4.69) is 28.7 Å². The molecule has 1 saturated heterocycles. The number of sulfonamides is 1. The zero-order valence-corrected chi connectivity index (χ0v) is 18.9. The standard InChI is InChI=1S/C24H25N3O4S/c1-15-23(16(2)31-26-15)32(29,30)27-11-9-17(10-12-27)24(28)25-20-7-8-22-19(14-20)13-18-5-3-4-6-21(18)22/h3-8,14,17H,9-13H2,1-2H3,(H,25,28). The van der Waals surface area contributed by atoms with Gasteiger partial charge in [0.15, 0.2) is 5.76 Å². The summed E-state index contributed by atoms with van der Waals surface area (Å²) in [5, 5.41) is 6.80. The minimum absolute atomic E-state index is 0.0603. The first-order valence-corrected chi connectivity index (χ1v) is 12.2. The van der Waals surface area contributed by atoms with E-state index >= 15 is 0 Å². The number of anilines is 1. The Morgan fingerprint density at radius 2 is 1.78 bits per heavy atom. The van der Waals surface area contributed by atoms with Crippen LogP contribution in [-0.2, 0) is 21.2 Å². The number of carbonyl (C=O) groups is 1. The van der Waals surface area contributed by atoms with Crippen molar-refractivity contribution in [3.8, 4) is 11.1 Å². The Balaban J connectivity index is 1.24. The average Bonchev–Trinajstić information content (AvgIpc) is 3.32. The lowest BCUT2D eigenvalue weighted by Crippen LogP contribution is -2.41. The maximum absolute atomic E-state index is 13.0. The smallest absolute Gasteiger partial charge is 0.248 e. The number of hydrogen-bond acceptors (Lipinski definition) is 5. The van der Waals surface area contributed by atoms with Crippen molar-refractivity contribution in [2.24, 2.45) is 5.92 Å². The van der Waals surface area contributed by atoms with Crippen molar-refractivity contribution in [3.05, 3.63) is 65.0 Å². The topological polar surface area (TPSA) is 92.5 Å². The summed E-state index contributed by atoms with van der Waals surface area (Å²) in [6.07, 6.45) is 1.82. The van der Waals surface area contributed by atoms with E-state index in [9.17, 15) is 13.2 Å². The summed E-state index contributed by atoms with van der Waals surface area (Å²) < 4.78 is 32.4. The average molecular weight is 452 g/mol. The summed E-state index contributed by atoms with van der Waals surface area (Å²) in [4.78, 5) is 13.0. The fourth-order valence-corrected chi connectivity index (χ4v) is 6.56. The monoisotopic (exact) mass is 451 g/mol. The number of nitrogens with zero attached hydrogens (tertiary/aromatic N) is 2. The fourth-order valence-electron chi connectivity index (χ4n) is 4.80. The molecule has 1 fully saturated rings. The van der Waals surface area contributed by atoms with Crippen molar-refractivity contribution in [2.45, 2.75) is 38.0 Å². The molecule has 0 radical (unpaired) electrons. The zero-order valence-electron chi connectivity index (χ0n) is 18.1. The molecule has 1 aliphatic carbocycles. The summed E-state index contributed by atoms with van der Waals surface area (Å²) in [5.74, 6) is 0.00699. The third-order valence-corrected chi connectivity index (χ3v) is 8.60. The molecular weight excluding hydrogens is 426 g/mol. The van der Waals surface area contributed by atoms with Crippen molar-refractivity contribution in [1.82, 2.24) is 9.46 Å². The zero-order chi connectivity index (χ0) is 22.5. The first kappa shape index (κ1) is 20.9. The van der Waals surface area contributed by atoms with E-state index in [0.717, 1.165) is 12.1 Å². The number of carbonyl (C=O) groups excluding carboxylic acids is 1. The van der Waals surface area contributed by atoms with Crippen LogP contribution in [0.1, 0.15) is 35.4 Å². The van der Waals surface area contributed by atoms with Crippen molar-refractivity contribution >= 4 is 21.6 Å². The highest BCUT2D eigenvalue weighted by molar-refractivity contribution is 7.89. The first-order chi connectivity index (χ1) is 15.3. The number of aryl methyl sites for hydroxylation is 2. The van der Waals surface area contributed by atoms with Gasteiger partial charge < -0.3 is 9.84 Å². The van der Waals surface area contributed by atoms with Gasteiger partial charge in [0.1, 0.15) is 10.6 Å². The van der Waals surface area contributed by atoms with E-state index in [1.165, 1.54) is 26.6 Å². The molecule has 0 saturated carbocycles. The van der Waals surface area contributed by atoms with Crippen molar-refractivity contribution in [1.29, 1.82) is 0 Å². The number of fused-ring (bicyclic) bond motifs is 3. The third-order valence-electron chi connectivity index (χ3n) is 6.45. The number of benzene rings is 2. The van der Waals surface area contributed by atoms with Gasteiger partial charge in [-0.3, -0.25) is 4.79 Å². The maximum Gasteiger partial charge on any atom is 0.248 e. The Kier molecular flexibility index (Phi) is 5.14. The predicted octanol–water partition coefficient (Wildman–Crippen LogP) is 3.90. The quantitative estimate of drug-likeness (QED) is 0.508. The largest absolute Gasteiger partial charge is 0.360 e. The van der Waals surface area contributed by atoms with Crippen LogP contribution in [0, 0.1) is 19.8 Å². The van der Waals surface area contributed by atoms with Gasteiger partial charge in [-0.15, -0.1) is 0 Å². The molecule has 7 nitrogen and oxygen atoms in total. The van der Waals surface area contributed by atoms with Gasteiger partial charge in [-0.2, -0.15) is 4.31 Å². The predicted molar refractivity (Wildman–Crippen MR) is 121 cm³/mol. The molecule has 32 heavy (non-hydrogen) atoms. The summed E-state index contributed by atoms with van der Waals surface area (Å²) in [7, 11) is -3.68. The molecule has 2 heterocycles. The molecule has 1 aromatic heterocycles. The van der Waals surface area contributed by atoms with Crippen molar-refractivity contribution < 1.29 is 17.7 Å². The highest BCUT2D eigenvalue weighted by Crippen LogP contribution is 2.37. The van der Waals surface area contributed by atoms with Gasteiger partial charge in [0.05, 0.1) is 0 Å². The van der Waals surface area contributed by atoms with E-state index in [-0.39, 0.29) is 16.7 Å². The lowest BCUT2D eigenvalue weighted by Gasteiger charge is -2.30. The number of rotatable bonds is 4. The number of piperidine rings is 1. The molecule has 166 valence electrons. The Hall–Kier alpha value is -2.97. The minimum Gasteiger partial charge on any atom is -0.360 e. The Bertz CT molecular complexity index is 1290. The van der Waals surface area contributed by atoms with Gasteiger partial charge in [0, 0.05) is 24.7 Å². The lowest BCUT2D eigenvalue weighted by molar-refractivity contribution is -0.120. The highest BCUT2D eigenvalue weighted by atomic mass is 32.2. The van der Waals surface area contributed by atoms with Crippen LogP contribution in [-0.4, -0.2) is 36.9 Å². The van der Waals surface area contributed by atoms with Gasteiger partial charge >= 0.3 is 0 Å². The second kappa shape index (κ2) is 7.86. The third kappa shape index (κ3) is 3.53. The molecule has 2 aliphatic rings. The molecule has 0 bridgehead atoms. The van der Waals surface area contributed by atoms with Gasteiger partial charge in [-0.25, -0.2) is 8.42 Å². The van der Waals surface area contributed by atoms with Crippen molar-refractivity contribution in [2.75, 3.05) is 18.4 Å². The van der Waals surface area contributed by atoms with Gasteiger partial charge in [-0.05, 0) is 67.5 Å². The molecule has 1 amide bonds. The maximum atomic E-state index is 13.0. The molecule has 1 N–H and O–H groups in total. The lowest BCUT2D eigenvalue weighted by atomic mass is 9.97. The summed E-state index contributed by atoms with van der Waals surface area (Å²) >= 11 is 0. The van der Waals surface area contributed by atoms with Crippen LogP contribution < -0.4 is 5.32 Å². The van der Waals surface area contributed by atoms with Crippen LogP contribution in [0.2, 0.25) is 0 Å².